The summed E-state index contributed by atoms with van der Waals surface area (Å²) in [4.78, 5) is 12.3. The van der Waals surface area contributed by atoms with Crippen molar-refractivity contribution in [2.75, 3.05) is 6.61 Å². The maximum Gasteiger partial charge on any atom is 0.174 e. The molecule has 31 heavy (non-hydrogen) atoms. The van der Waals surface area contributed by atoms with E-state index in [1.54, 1.807) is 18.2 Å². The van der Waals surface area contributed by atoms with E-state index in [9.17, 15) is 9.90 Å². The summed E-state index contributed by atoms with van der Waals surface area (Å²) in [5.41, 5.74) is 4.76. The van der Waals surface area contributed by atoms with Gasteiger partial charge < -0.3 is 9.84 Å². The van der Waals surface area contributed by atoms with Gasteiger partial charge in [-0.3, -0.25) is 4.79 Å². The number of ether oxygens (including phenoxy) is 1. The second-order valence-corrected chi connectivity index (χ2v) is 8.90. The number of halogens is 2. The maximum atomic E-state index is 12.3. The number of ketones is 1. The van der Waals surface area contributed by atoms with Crippen LogP contribution in [0.1, 0.15) is 47.6 Å². The van der Waals surface area contributed by atoms with Crippen LogP contribution in [0.25, 0.3) is 0 Å². The first-order valence-electron chi connectivity index (χ1n) is 10.2. The number of aromatic hydroxyl groups is 1. The van der Waals surface area contributed by atoms with Crippen molar-refractivity contribution in [1.29, 1.82) is 0 Å². The van der Waals surface area contributed by atoms with E-state index in [1.165, 1.54) is 0 Å². The summed E-state index contributed by atoms with van der Waals surface area (Å²) in [5, 5.41) is 11.0. The molecule has 0 unspecified atom stereocenters. The third-order valence-corrected chi connectivity index (χ3v) is 5.77. The maximum absolute atomic E-state index is 12.3. The Hall–Kier alpha value is -2.49. The summed E-state index contributed by atoms with van der Waals surface area (Å²) in [6, 6.07) is 16.8. The van der Waals surface area contributed by atoms with E-state index < -0.39 is 0 Å². The smallest absolute Gasteiger partial charge is 0.174 e. The zero-order valence-corrected chi connectivity index (χ0v) is 19.4. The molecule has 0 aromatic heterocycles. The topological polar surface area (TPSA) is 46.5 Å². The van der Waals surface area contributed by atoms with E-state index in [1.807, 2.05) is 57.2 Å². The molecular formula is C26H26Cl2O3. The van der Waals surface area contributed by atoms with Crippen molar-refractivity contribution in [2.24, 2.45) is 0 Å². The molecule has 0 atom stereocenters. The van der Waals surface area contributed by atoms with Crippen molar-refractivity contribution in [3.8, 4) is 11.5 Å². The molecule has 0 aliphatic carbocycles. The van der Waals surface area contributed by atoms with Crippen LogP contribution in [0.3, 0.4) is 0 Å². The minimum Gasteiger partial charge on any atom is -0.508 e. The molecule has 5 heteroatoms. The van der Waals surface area contributed by atoms with Crippen molar-refractivity contribution in [3.05, 3.63) is 92.5 Å². The second kappa shape index (κ2) is 10.2. The zero-order valence-electron chi connectivity index (χ0n) is 17.9. The summed E-state index contributed by atoms with van der Waals surface area (Å²) in [5.74, 6) is 0.936. The normalized spacial score (nSPS) is 11.0. The van der Waals surface area contributed by atoms with Gasteiger partial charge in [0.1, 0.15) is 18.1 Å². The number of aryl methyl sites for hydroxylation is 1. The molecule has 3 aromatic carbocycles. The zero-order chi connectivity index (χ0) is 22.5. The average Bonchev–Trinajstić information content (AvgIpc) is 2.70. The molecule has 1 N–H and O–H groups in total. The predicted molar refractivity (Wildman–Crippen MR) is 127 cm³/mol. The Morgan fingerprint density at radius 3 is 2.35 bits per heavy atom. The van der Waals surface area contributed by atoms with Gasteiger partial charge in [0.25, 0.3) is 0 Å². The van der Waals surface area contributed by atoms with Crippen LogP contribution in [0.4, 0.5) is 0 Å². The van der Waals surface area contributed by atoms with Crippen molar-refractivity contribution in [3.63, 3.8) is 0 Å². The standard InChI is InChI=1S/C26H26Cl2O3/c1-16(2)22-11-19(7-8-26(22)30)12-23-24(27)13-21(14-25(23)28)31-15-20(29)10-18-6-4-5-17(3)9-18/h4-9,11,13-14,16,30H,10,12,15H2,1-3H3. The molecule has 162 valence electrons. The highest BCUT2D eigenvalue weighted by atomic mass is 35.5. The number of carbonyl (C=O) groups is 1. The molecule has 0 fully saturated rings. The Morgan fingerprint density at radius 2 is 1.71 bits per heavy atom. The van der Waals surface area contributed by atoms with Gasteiger partial charge in [0, 0.05) is 22.9 Å². The van der Waals surface area contributed by atoms with E-state index in [0.717, 1.165) is 27.8 Å². The first-order valence-corrected chi connectivity index (χ1v) is 11.0. The lowest BCUT2D eigenvalue weighted by Crippen LogP contribution is -2.14. The fourth-order valence-corrected chi connectivity index (χ4v) is 4.08. The molecule has 0 spiro atoms. The third kappa shape index (κ3) is 6.25. The van der Waals surface area contributed by atoms with Crippen LogP contribution in [0.2, 0.25) is 10.0 Å². The monoisotopic (exact) mass is 456 g/mol. The highest BCUT2D eigenvalue weighted by molar-refractivity contribution is 6.36. The van der Waals surface area contributed by atoms with Gasteiger partial charge in [-0.2, -0.15) is 0 Å². The number of Topliss-reactive ketones (excluding diaryl/α,β-unsaturated/α-hetero) is 1. The number of rotatable bonds is 8. The fourth-order valence-electron chi connectivity index (χ4n) is 3.48. The third-order valence-electron chi connectivity index (χ3n) is 5.09. The molecule has 0 aliphatic rings. The van der Waals surface area contributed by atoms with E-state index in [-0.39, 0.29) is 24.1 Å². The quantitative estimate of drug-likeness (QED) is 0.400. The number of phenols is 1. The number of benzene rings is 3. The van der Waals surface area contributed by atoms with Gasteiger partial charge in [-0.25, -0.2) is 0 Å². The molecule has 3 nitrogen and oxygen atoms in total. The molecule has 0 aliphatic heterocycles. The van der Waals surface area contributed by atoms with Gasteiger partial charge in [-0.1, -0.05) is 79.0 Å². The van der Waals surface area contributed by atoms with E-state index in [2.05, 4.69) is 0 Å². The van der Waals surface area contributed by atoms with Crippen molar-refractivity contribution < 1.29 is 14.6 Å². The fraction of sp³-hybridized carbons (Fsp3) is 0.269. The molecule has 0 saturated carbocycles. The molecule has 0 amide bonds. The Morgan fingerprint density at radius 1 is 1.00 bits per heavy atom. The minimum atomic E-state index is -0.0460. The van der Waals surface area contributed by atoms with Crippen LogP contribution in [-0.2, 0) is 17.6 Å². The van der Waals surface area contributed by atoms with Crippen LogP contribution < -0.4 is 4.74 Å². The summed E-state index contributed by atoms with van der Waals surface area (Å²) >= 11 is 13.0. The van der Waals surface area contributed by atoms with E-state index >= 15 is 0 Å². The number of carbonyl (C=O) groups excluding carboxylic acids is 1. The lowest BCUT2D eigenvalue weighted by molar-refractivity contribution is -0.120. The van der Waals surface area contributed by atoms with Crippen molar-refractivity contribution >= 4 is 29.0 Å². The van der Waals surface area contributed by atoms with E-state index in [4.69, 9.17) is 27.9 Å². The lowest BCUT2D eigenvalue weighted by atomic mass is 9.96. The predicted octanol–water partition coefficient (Wildman–Crippen LogP) is 6.91. The van der Waals surface area contributed by atoms with Crippen LogP contribution >= 0.6 is 23.2 Å². The molecule has 3 aromatic rings. The van der Waals surface area contributed by atoms with Gasteiger partial charge in [0.15, 0.2) is 5.78 Å². The minimum absolute atomic E-state index is 0.0211. The highest BCUT2D eigenvalue weighted by Crippen LogP contribution is 2.34. The first kappa shape index (κ1) is 23.2. The Bertz CT molecular complexity index is 1070. The number of phenolic OH excluding ortho intramolecular Hbond substituents is 1. The Balaban J connectivity index is 1.67. The number of hydrogen-bond acceptors (Lipinski definition) is 3. The first-order chi connectivity index (χ1) is 14.7. The van der Waals surface area contributed by atoms with Crippen LogP contribution in [0, 0.1) is 6.92 Å². The molecule has 0 radical (unpaired) electrons. The van der Waals surface area contributed by atoms with Gasteiger partial charge in [-0.05, 0) is 53.3 Å². The van der Waals surface area contributed by atoms with Gasteiger partial charge in [-0.15, -0.1) is 0 Å². The molecule has 0 bridgehead atoms. The van der Waals surface area contributed by atoms with E-state index in [0.29, 0.717) is 28.6 Å². The van der Waals surface area contributed by atoms with Crippen LogP contribution in [0.5, 0.6) is 11.5 Å². The molecular weight excluding hydrogens is 431 g/mol. The summed E-state index contributed by atoms with van der Waals surface area (Å²) in [6.45, 7) is 6.02. The molecule has 0 saturated heterocycles. The summed E-state index contributed by atoms with van der Waals surface area (Å²) < 4.78 is 5.65. The van der Waals surface area contributed by atoms with Crippen molar-refractivity contribution in [1.82, 2.24) is 0 Å². The summed E-state index contributed by atoms with van der Waals surface area (Å²) in [7, 11) is 0. The van der Waals surface area contributed by atoms with Crippen LogP contribution in [0.15, 0.2) is 54.6 Å². The van der Waals surface area contributed by atoms with Gasteiger partial charge in [0.2, 0.25) is 0 Å². The largest absolute Gasteiger partial charge is 0.508 e. The number of hydrogen-bond donors (Lipinski definition) is 1. The Kier molecular flexibility index (Phi) is 7.64. The summed E-state index contributed by atoms with van der Waals surface area (Å²) in [6.07, 6.45) is 0.852. The molecule has 3 rings (SSSR count). The SMILES string of the molecule is Cc1cccc(CC(=O)COc2cc(Cl)c(Cc3ccc(O)c(C(C)C)c3)c(Cl)c2)c1. The van der Waals surface area contributed by atoms with Crippen LogP contribution in [-0.4, -0.2) is 17.5 Å². The van der Waals surface area contributed by atoms with Crippen molar-refractivity contribution in [2.45, 2.75) is 39.5 Å². The molecule has 0 heterocycles. The highest BCUT2D eigenvalue weighted by Gasteiger charge is 2.14. The lowest BCUT2D eigenvalue weighted by Gasteiger charge is -2.14. The second-order valence-electron chi connectivity index (χ2n) is 8.08. The average molecular weight is 457 g/mol. The van der Waals surface area contributed by atoms with Gasteiger partial charge >= 0.3 is 0 Å². The van der Waals surface area contributed by atoms with Gasteiger partial charge in [0.05, 0.1) is 0 Å². The Labute approximate surface area is 193 Å².